The normalized spacial score (nSPS) is 10.9. The molecule has 0 saturated carbocycles. The molecule has 0 spiro atoms. The molecule has 0 radical (unpaired) electrons. The van der Waals surface area contributed by atoms with E-state index in [9.17, 15) is 0 Å². The molecule has 0 amide bonds. The van der Waals surface area contributed by atoms with Crippen molar-refractivity contribution in [1.29, 1.82) is 0 Å². The third-order valence-corrected chi connectivity index (χ3v) is 2.66. The van der Waals surface area contributed by atoms with E-state index < -0.39 is 0 Å². The summed E-state index contributed by atoms with van der Waals surface area (Å²) in [6.07, 6.45) is 2.45. The quantitative estimate of drug-likeness (QED) is 0.428. The van der Waals surface area contributed by atoms with Crippen LogP contribution in [-0.2, 0) is 0 Å². The van der Waals surface area contributed by atoms with E-state index in [-0.39, 0.29) is 23.1 Å². The largest absolute Gasteiger partial charge is 2.00 e. The van der Waals surface area contributed by atoms with E-state index in [4.69, 9.17) is 0 Å². The van der Waals surface area contributed by atoms with E-state index in [1.165, 1.54) is 35.7 Å². The Bertz CT molecular complexity index is 145. The minimum atomic E-state index is 0. The van der Waals surface area contributed by atoms with Gasteiger partial charge >= 0.3 is 23.1 Å². The van der Waals surface area contributed by atoms with Gasteiger partial charge in [0.25, 0.3) is 0 Å². The summed E-state index contributed by atoms with van der Waals surface area (Å²) >= 11 is 0. The van der Waals surface area contributed by atoms with E-state index in [1.807, 2.05) is 0 Å². The molecule has 0 bridgehead atoms. The van der Waals surface area contributed by atoms with Crippen molar-refractivity contribution in [3.63, 3.8) is 0 Å². The van der Waals surface area contributed by atoms with E-state index in [0.29, 0.717) is 12.1 Å². The van der Waals surface area contributed by atoms with Crippen LogP contribution in [0.1, 0.15) is 40.5 Å². The number of nitrogens with one attached hydrogen (secondary N) is 2. The monoisotopic (exact) mass is 312 g/mol. The maximum Gasteiger partial charge on any atom is 2.00 e. The van der Waals surface area contributed by atoms with Crippen LogP contribution in [0, 0.1) is 0 Å². The van der Waals surface area contributed by atoms with Crippen molar-refractivity contribution in [3.8, 4) is 0 Å². The average Bonchev–Trinajstić information content (AvgIpc) is 2.30. The summed E-state index contributed by atoms with van der Waals surface area (Å²) in [6.45, 7) is 13.0. The van der Waals surface area contributed by atoms with Gasteiger partial charge in [-0.05, 0) is 12.8 Å². The van der Waals surface area contributed by atoms with E-state index >= 15 is 0 Å². The molecule has 0 aliphatic heterocycles. The predicted octanol–water partition coefficient (Wildman–Crippen LogP) is 0.225. The van der Waals surface area contributed by atoms with Crippen LogP contribution >= 0.6 is 0 Å². The molecule has 0 rings (SSSR count). The van der Waals surface area contributed by atoms with Gasteiger partial charge in [0.05, 0.1) is 41.3 Å². The SMILES string of the molecule is CC(C)[N-]CCC[NH+](C)C.CC(C)[N-]CCC[NH+](C)C.[Mg+2]. The van der Waals surface area contributed by atoms with Crippen LogP contribution < -0.4 is 9.80 Å². The molecule has 2 N–H and O–H groups in total. The summed E-state index contributed by atoms with van der Waals surface area (Å²) in [7, 11) is 8.70. The fourth-order valence-electron chi connectivity index (χ4n) is 1.56. The first-order chi connectivity index (χ1) is 9.25. The van der Waals surface area contributed by atoms with Gasteiger partial charge in [-0.2, -0.15) is 0 Å². The molecule has 0 aliphatic carbocycles. The van der Waals surface area contributed by atoms with Gasteiger partial charge in [0, 0.05) is 0 Å². The number of hydrogen-bond donors (Lipinski definition) is 2. The molecule has 0 aromatic heterocycles. The number of nitrogens with zero attached hydrogens (tertiary/aromatic N) is 2. The molecule has 124 valence electrons. The van der Waals surface area contributed by atoms with Crippen LogP contribution in [0.5, 0.6) is 0 Å². The fraction of sp³-hybridized carbons (Fsp3) is 1.00. The Morgan fingerprint density at radius 1 is 0.667 bits per heavy atom. The first-order valence-electron chi connectivity index (χ1n) is 8.17. The number of rotatable bonds is 10. The van der Waals surface area contributed by atoms with Gasteiger partial charge in [0.15, 0.2) is 0 Å². The van der Waals surface area contributed by atoms with Gasteiger partial charge in [0.1, 0.15) is 0 Å². The molecule has 0 aliphatic rings. The second-order valence-electron chi connectivity index (χ2n) is 6.62. The maximum absolute atomic E-state index is 4.38. The first kappa shape index (κ1) is 26.5. The smallest absolute Gasteiger partial charge is 0.660 e. The molecule has 0 saturated heterocycles. The van der Waals surface area contributed by atoms with Crippen molar-refractivity contribution in [2.24, 2.45) is 0 Å². The molecule has 4 nitrogen and oxygen atoms in total. The van der Waals surface area contributed by atoms with Crippen LogP contribution in [0.15, 0.2) is 0 Å². The van der Waals surface area contributed by atoms with Crippen molar-refractivity contribution in [2.45, 2.75) is 52.6 Å². The van der Waals surface area contributed by atoms with Crippen molar-refractivity contribution in [2.75, 3.05) is 54.4 Å². The van der Waals surface area contributed by atoms with Crippen molar-refractivity contribution >= 4 is 23.1 Å². The maximum atomic E-state index is 4.38. The Morgan fingerprint density at radius 3 is 1.14 bits per heavy atom. The summed E-state index contributed by atoms with van der Waals surface area (Å²) in [5.41, 5.74) is 0. The fourth-order valence-corrected chi connectivity index (χ4v) is 1.56. The topological polar surface area (TPSA) is 37.1 Å². The zero-order valence-corrected chi connectivity index (χ0v) is 17.4. The Labute approximate surface area is 150 Å². The van der Waals surface area contributed by atoms with E-state index in [2.05, 4.69) is 66.5 Å². The minimum Gasteiger partial charge on any atom is -0.660 e. The van der Waals surface area contributed by atoms with Crippen LogP contribution in [-0.4, -0.2) is 89.5 Å². The van der Waals surface area contributed by atoms with Gasteiger partial charge in [-0.15, -0.1) is 25.2 Å². The Hall–Kier alpha value is 0.606. The van der Waals surface area contributed by atoms with Gasteiger partial charge in [-0.25, -0.2) is 0 Å². The molecular formula is C16H40MgN4+2. The summed E-state index contributed by atoms with van der Waals surface area (Å²) in [4.78, 5) is 3.03. The summed E-state index contributed by atoms with van der Waals surface area (Å²) in [5.74, 6) is 0. The second kappa shape index (κ2) is 18.7. The molecule has 0 aromatic rings. The van der Waals surface area contributed by atoms with Crippen LogP contribution in [0.25, 0.3) is 10.6 Å². The first-order valence-corrected chi connectivity index (χ1v) is 8.17. The zero-order chi connectivity index (χ0) is 16.0. The molecule has 21 heavy (non-hydrogen) atoms. The third kappa shape index (κ3) is 33.4. The third-order valence-electron chi connectivity index (χ3n) is 2.66. The Balaban J connectivity index is -0.000000295. The second-order valence-corrected chi connectivity index (χ2v) is 6.62. The molecular weight excluding hydrogens is 273 g/mol. The molecule has 0 heterocycles. The van der Waals surface area contributed by atoms with Gasteiger partial charge in [-0.3, -0.25) is 0 Å². The summed E-state index contributed by atoms with van der Waals surface area (Å²) < 4.78 is 0. The molecule has 5 heteroatoms. The average molecular weight is 313 g/mol. The number of quaternary nitrogens is 2. The van der Waals surface area contributed by atoms with Crippen molar-refractivity contribution in [3.05, 3.63) is 10.6 Å². The van der Waals surface area contributed by atoms with Crippen LogP contribution in [0.2, 0.25) is 0 Å². The van der Waals surface area contributed by atoms with Crippen LogP contribution in [0.4, 0.5) is 0 Å². The van der Waals surface area contributed by atoms with Crippen LogP contribution in [0.3, 0.4) is 0 Å². The van der Waals surface area contributed by atoms with Gasteiger partial charge in [0.2, 0.25) is 0 Å². The number of hydrogen-bond acceptors (Lipinski definition) is 0. The molecule has 0 aromatic carbocycles. The van der Waals surface area contributed by atoms with Crippen molar-refractivity contribution in [1.82, 2.24) is 0 Å². The van der Waals surface area contributed by atoms with E-state index in [1.54, 1.807) is 0 Å². The standard InChI is InChI=1S/2C8H19N2.Mg/c2*1-8(2)9-6-5-7-10(3)4;/h2*8H,5-7H2,1-4H3;/q2*-1;+2/p+2. The molecule has 0 unspecified atom stereocenters. The van der Waals surface area contributed by atoms with Gasteiger partial charge in [-0.1, -0.05) is 27.7 Å². The minimum absolute atomic E-state index is 0. The summed E-state index contributed by atoms with van der Waals surface area (Å²) in [5, 5.41) is 8.77. The molecule has 0 fully saturated rings. The molecule has 0 atom stereocenters. The Morgan fingerprint density at radius 2 is 0.952 bits per heavy atom. The van der Waals surface area contributed by atoms with Gasteiger partial charge < -0.3 is 20.4 Å². The zero-order valence-electron chi connectivity index (χ0n) is 16.0. The van der Waals surface area contributed by atoms with E-state index in [0.717, 1.165) is 13.1 Å². The van der Waals surface area contributed by atoms with Crippen molar-refractivity contribution < 1.29 is 9.80 Å². The summed E-state index contributed by atoms with van der Waals surface area (Å²) in [6, 6.07) is 1.02. The Kier molecular flexibility index (Phi) is 23.5. The predicted molar refractivity (Wildman–Crippen MR) is 97.1 cm³/mol.